The molecular formula is C31H32ClN7O3. The van der Waals surface area contributed by atoms with E-state index >= 15 is 0 Å². The van der Waals surface area contributed by atoms with Crippen LogP contribution in [0.4, 0.5) is 17.2 Å². The van der Waals surface area contributed by atoms with Crippen molar-refractivity contribution < 1.29 is 14.3 Å². The molecule has 1 amide bonds. The summed E-state index contributed by atoms with van der Waals surface area (Å²) in [4.78, 5) is 32.9. The fourth-order valence-corrected chi connectivity index (χ4v) is 5.28. The van der Waals surface area contributed by atoms with Crippen LogP contribution in [0.5, 0.6) is 11.5 Å². The molecule has 0 saturated carbocycles. The van der Waals surface area contributed by atoms with Crippen molar-refractivity contribution in [3.05, 3.63) is 83.9 Å². The highest BCUT2D eigenvalue weighted by molar-refractivity contribution is 6.32. The third kappa shape index (κ3) is 6.30. The maximum atomic E-state index is 13.3. The van der Waals surface area contributed by atoms with Gasteiger partial charge in [-0.1, -0.05) is 23.7 Å². The van der Waals surface area contributed by atoms with Crippen LogP contribution in [0.25, 0.3) is 10.9 Å². The summed E-state index contributed by atoms with van der Waals surface area (Å²) in [6, 6.07) is 14.9. The van der Waals surface area contributed by atoms with Crippen molar-refractivity contribution in [3.8, 4) is 11.5 Å². The van der Waals surface area contributed by atoms with Gasteiger partial charge in [-0.2, -0.15) is 0 Å². The molecule has 0 aliphatic carbocycles. The second kappa shape index (κ2) is 12.7. The number of hydrogen-bond acceptors (Lipinski definition) is 9. The predicted molar refractivity (Wildman–Crippen MR) is 164 cm³/mol. The minimum Gasteiger partial charge on any atom is -0.489 e. The molecule has 11 heteroatoms. The maximum Gasteiger partial charge on any atom is 0.250 e. The number of fused-ring (bicyclic) bond motifs is 3. The second-order valence-electron chi connectivity index (χ2n) is 10.3. The Balaban J connectivity index is 1.20. The summed E-state index contributed by atoms with van der Waals surface area (Å²) in [6.45, 7) is 5.99. The number of pyridine rings is 1. The molecule has 42 heavy (non-hydrogen) atoms. The van der Waals surface area contributed by atoms with Crippen LogP contribution in [0.15, 0.2) is 73.2 Å². The number of ether oxygens (including phenoxy) is 2. The first-order chi connectivity index (χ1) is 20.5. The highest BCUT2D eigenvalue weighted by Gasteiger charge is 2.26. The number of carbonyl (C=O) groups is 1. The van der Waals surface area contributed by atoms with Gasteiger partial charge in [-0.25, -0.2) is 9.97 Å². The monoisotopic (exact) mass is 585 g/mol. The number of hydrogen-bond donors (Lipinski definition) is 1. The number of halogens is 1. The molecular weight excluding hydrogens is 554 g/mol. The minimum absolute atomic E-state index is 0.0764. The molecule has 2 aromatic carbocycles. The Morgan fingerprint density at radius 3 is 2.76 bits per heavy atom. The van der Waals surface area contributed by atoms with Crippen molar-refractivity contribution in [1.29, 1.82) is 0 Å². The summed E-state index contributed by atoms with van der Waals surface area (Å²) in [5, 5.41) is 4.49. The lowest BCUT2D eigenvalue weighted by Crippen LogP contribution is -2.44. The third-order valence-electron chi connectivity index (χ3n) is 7.37. The molecule has 1 saturated heterocycles. The number of amides is 1. The molecule has 4 heterocycles. The fraction of sp³-hybridized carbons (Fsp3) is 0.290. The second-order valence-corrected chi connectivity index (χ2v) is 10.7. The van der Waals surface area contributed by atoms with Gasteiger partial charge in [0.25, 0.3) is 5.91 Å². The molecule has 0 unspecified atom stereocenters. The molecule has 0 bridgehead atoms. The molecule has 10 nitrogen and oxygen atoms in total. The number of nitrogens with one attached hydrogen (secondary N) is 1. The van der Waals surface area contributed by atoms with Crippen molar-refractivity contribution in [3.63, 3.8) is 0 Å². The van der Waals surface area contributed by atoms with Gasteiger partial charge in [-0.3, -0.25) is 14.7 Å². The van der Waals surface area contributed by atoms with E-state index in [1.165, 1.54) is 6.33 Å². The van der Waals surface area contributed by atoms with Crippen molar-refractivity contribution in [2.24, 2.45) is 0 Å². The molecule has 1 N–H and O–H groups in total. The normalized spacial score (nSPS) is 15.9. The van der Waals surface area contributed by atoms with Crippen LogP contribution in [0.3, 0.4) is 0 Å². The van der Waals surface area contributed by atoms with E-state index in [0.717, 1.165) is 44.1 Å². The Bertz CT molecular complexity index is 1590. The lowest BCUT2D eigenvalue weighted by molar-refractivity contribution is -0.114. The Hall–Kier alpha value is -4.25. The van der Waals surface area contributed by atoms with E-state index in [1.807, 2.05) is 42.5 Å². The Morgan fingerprint density at radius 1 is 1.07 bits per heavy atom. The van der Waals surface area contributed by atoms with E-state index in [9.17, 15) is 4.79 Å². The SMILES string of the molecule is CN1CCN(C/C=C/C(=O)N2CCOc3c2ccc2ncnc(Nc4ccc(OCc5ccccn5)c(Cl)c4)c32)CC1. The van der Waals surface area contributed by atoms with Gasteiger partial charge in [0.15, 0.2) is 5.75 Å². The van der Waals surface area contributed by atoms with Crippen LogP contribution in [0.2, 0.25) is 5.02 Å². The number of anilines is 3. The van der Waals surface area contributed by atoms with Crippen molar-refractivity contribution in [2.45, 2.75) is 6.61 Å². The molecule has 1 fully saturated rings. The van der Waals surface area contributed by atoms with Gasteiger partial charge < -0.3 is 24.6 Å². The minimum atomic E-state index is -0.0764. The van der Waals surface area contributed by atoms with Gasteiger partial charge in [-0.05, 0) is 49.5 Å². The lowest BCUT2D eigenvalue weighted by atomic mass is 10.1. The van der Waals surface area contributed by atoms with Gasteiger partial charge >= 0.3 is 0 Å². The quantitative estimate of drug-likeness (QED) is 0.299. The van der Waals surface area contributed by atoms with E-state index in [1.54, 1.807) is 29.3 Å². The standard InChI is InChI=1S/C31H32ClN7O3/c1-37-13-15-38(16-14-37)12-4-6-28(40)39-17-18-41-30-26(39)9-8-25-29(30)31(35-21-34-25)36-22-7-10-27(24(32)19-22)42-20-23-5-2-3-11-33-23/h2-11,19,21H,12-18,20H2,1H3,(H,34,35,36)/b6-4+. The van der Waals surface area contributed by atoms with Gasteiger partial charge in [0.05, 0.1) is 33.9 Å². The van der Waals surface area contributed by atoms with Crippen LogP contribution >= 0.6 is 11.6 Å². The molecule has 2 aliphatic heterocycles. The van der Waals surface area contributed by atoms with Crippen molar-refractivity contribution >= 4 is 45.6 Å². The van der Waals surface area contributed by atoms with E-state index < -0.39 is 0 Å². The van der Waals surface area contributed by atoms with Crippen molar-refractivity contribution in [2.75, 3.05) is 63.1 Å². The number of likely N-dealkylation sites (N-methyl/N-ethyl adjacent to an activating group) is 1. The number of carbonyl (C=O) groups excluding carboxylic acids is 1. The Morgan fingerprint density at radius 2 is 1.95 bits per heavy atom. The molecule has 216 valence electrons. The molecule has 2 aliphatic rings. The highest BCUT2D eigenvalue weighted by atomic mass is 35.5. The molecule has 2 aromatic heterocycles. The zero-order valence-corrected chi connectivity index (χ0v) is 24.1. The highest BCUT2D eigenvalue weighted by Crippen LogP contribution is 2.42. The smallest absolute Gasteiger partial charge is 0.250 e. The average Bonchev–Trinajstić information content (AvgIpc) is 3.01. The zero-order chi connectivity index (χ0) is 28.9. The van der Waals surface area contributed by atoms with Crippen molar-refractivity contribution in [1.82, 2.24) is 24.8 Å². The van der Waals surface area contributed by atoms with Crippen LogP contribution in [0.1, 0.15) is 5.69 Å². The Kier molecular flexibility index (Phi) is 8.45. The van der Waals surface area contributed by atoms with Gasteiger partial charge in [-0.15, -0.1) is 0 Å². The zero-order valence-electron chi connectivity index (χ0n) is 23.4. The summed E-state index contributed by atoms with van der Waals surface area (Å²) < 4.78 is 12.0. The lowest BCUT2D eigenvalue weighted by Gasteiger charge is -2.31. The fourth-order valence-electron chi connectivity index (χ4n) is 5.04. The van der Waals surface area contributed by atoms with E-state index in [-0.39, 0.29) is 5.91 Å². The van der Waals surface area contributed by atoms with E-state index in [4.69, 9.17) is 21.1 Å². The largest absolute Gasteiger partial charge is 0.489 e. The van der Waals surface area contributed by atoms with Crippen LogP contribution in [-0.4, -0.2) is 83.6 Å². The first-order valence-electron chi connectivity index (χ1n) is 13.9. The van der Waals surface area contributed by atoms with Crippen LogP contribution < -0.4 is 19.7 Å². The molecule has 0 radical (unpaired) electrons. The molecule has 0 spiro atoms. The summed E-state index contributed by atoms with van der Waals surface area (Å²) in [6.07, 6.45) is 6.84. The first-order valence-corrected chi connectivity index (χ1v) is 14.3. The summed E-state index contributed by atoms with van der Waals surface area (Å²) in [5.41, 5.74) is 2.93. The topological polar surface area (TPSA) is 96.0 Å². The predicted octanol–water partition coefficient (Wildman–Crippen LogP) is 4.53. The summed E-state index contributed by atoms with van der Waals surface area (Å²) in [7, 11) is 2.13. The third-order valence-corrected chi connectivity index (χ3v) is 7.67. The van der Waals surface area contributed by atoms with Gasteiger partial charge in [0.2, 0.25) is 0 Å². The Labute approximate surface area is 249 Å². The number of benzene rings is 2. The maximum absolute atomic E-state index is 13.3. The average molecular weight is 586 g/mol. The van der Waals surface area contributed by atoms with Crippen LogP contribution in [-0.2, 0) is 11.4 Å². The molecule has 0 atom stereocenters. The van der Waals surface area contributed by atoms with Crippen LogP contribution in [0, 0.1) is 0 Å². The van der Waals surface area contributed by atoms with E-state index in [2.05, 4.69) is 37.1 Å². The number of piperazine rings is 1. The number of aromatic nitrogens is 3. The van der Waals surface area contributed by atoms with Gasteiger partial charge in [0.1, 0.15) is 31.1 Å². The number of nitrogens with zero attached hydrogens (tertiary/aromatic N) is 6. The molecule has 6 rings (SSSR count). The number of rotatable bonds is 8. The summed E-state index contributed by atoms with van der Waals surface area (Å²) in [5.74, 6) is 1.60. The van der Waals surface area contributed by atoms with Gasteiger partial charge in [0, 0.05) is 50.7 Å². The van der Waals surface area contributed by atoms with E-state index in [0.29, 0.717) is 58.7 Å². The summed E-state index contributed by atoms with van der Waals surface area (Å²) >= 11 is 6.55. The first kappa shape index (κ1) is 27.9. The molecule has 4 aromatic rings.